The Balaban J connectivity index is 1.35. The Morgan fingerprint density at radius 1 is 1.05 bits per heavy atom. The third-order valence-corrected chi connectivity index (χ3v) is 5.13. The van der Waals surface area contributed by atoms with Crippen LogP contribution in [0.4, 0.5) is 5.13 Å². The van der Waals surface area contributed by atoms with E-state index < -0.39 is 0 Å². The predicted molar refractivity (Wildman–Crippen MR) is 88.3 cm³/mol. The number of hydrogen-bond acceptors (Lipinski definition) is 6. The van der Waals surface area contributed by atoms with Crippen LogP contribution in [0.5, 0.6) is 0 Å². The Bertz CT molecular complexity index is 696. The highest BCUT2D eigenvalue weighted by atomic mass is 32.1. The minimum absolute atomic E-state index is 0.904. The van der Waals surface area contributed by atoms with E-state index in [1.165, 1.54) is 4.70 Å². The Hall–Kier alpha value is -1.99. The molecule has 0 bridgehead atoms. The molecule has 6 nitrogen and oxygen atoms in total. The normalized spacial score (nSPS) is 16.5. The quantitative estimate of drug-likeness (QED) is 0.734. The Morgan fingerprint density at radius 3 is 2.68 bits per heavy atom. The molecule has 0 aliphatic carbocycles. The van der Waals surface area contributed by atoms with Crippen molar-refractivity contribution in [3.05, 3.63) is 36.9 Å². The van der Waals surface area contributed by atoms with Crippen LogP contribution < -0.4 is 4.90 Å². The zero-order chi connectivity index (χ0) is 14.8. The lowest BCUT2D eigenvalue weighted by atomic mass is 10.3. The Labute approximate surface area is 133 Å². The molecule has 0 unspecified atom stereocenters. The molecule has 114 valence electrons. The number of benzene rings is 1. The first-order chi connectivity index (χ1) is 10.9. The van der Waals surface area contributed by atoms with Crippen molar-refractivity contribution in [3.8, 4) is 0 Å². The maximum absolute atomic E-state index is 4.75. The van der Waals surface area contributed by atoms with Gasteiger partial charge in [-0.2, -0.15) is 5.10 Å². The van der Waals surface area contributed by atoms with Gasteiger partial charge in [-0.3, -0.25) is 9.58 Å². The Kier molecular flexibility index (Phi) is 3.74. The molecule has 1 saturated heterocycles. The topological polar surface area (TPSA) is 50.1 Å². The number of hydrogen-bond donors (Lipinski definition) is 0. The van der Waals surface area contributed by atoms with Crippen molar-refractivity contribution in [3.63, 3.8) is 0 Å². The fraction of sp³-hybridized carbons (Fsp3) is 0.400. The van der Waals surface area contributed by atoms with Crippen LogP contribution >= 0.6 is 11.3 Å². The van der Waals surface area contributed by atoms with Gasteiger partial charge in [0.1, 0.15) is 12.7 Å². The zero-order valence-electron chi connectivity index (χ0n) is 12.3. The van der Waals surface area contributed by atoms with E-state index in [4.69, 9.17) is 4.98 Å². The molecule has 0 atom stereocenters. The minimum Gasteiger partial charge on any atom is -0.345 e. The molecular formula is C15H18N6S. The van der Waals surface area contributed by atoms with Crippen LogP contribution in [0.2, 0.25) is 0 Å². The highest BCUT2D eigenvalue weighted by Gasteiger charge is 2.19. The van der Waals surface area contributed by atoms with E-state index in [2.05, 4.69) is 38.1 Å². The lowest BCUT2D eigenvalue weighted by molar-refractivity contribution is 0.244. The molecule has 1 aliphatic rings. The maximum atomic E-state index is 4.75. The summed E-state index contributed by atoms with van der Waals surface area (Å²) in [5.74, 6) is 0. The summed E-state index contributed by atoms with van der Waals surface area (Å²) in [6.07, 6.45) is 3.36. The molecular weight excluding hydrogens is 296 g/mol. The standard InChI is InChI=1S/C15H18N6S/c1-2-4-14-13(3-1)18-15(22-14)20-8-5-19(6-9-20)7-10-21-12-16-11-17-21/h1-4,11-12H,5-10H2. The SMILES string of the molecule is c1ccc2sc(N3CCN(CCn4cncn4)CC3)nc2c1. The van der Waals surface area contributed by atoms with E-state index in [1.54, 1.807) is 24.0 Å². The molecule has 4 rings (SSSR count). The molecule has 0 amide bonds. The van der Waals surface area contributed by atoms with Crippen LogP contribution in [-0.2, 0) is 6.54 Å². The predicted octanol–water partition coefficient (Wildman–Crippen LogP) is 1.71. The fourth-order valence-corrected chi connectivity index (χ4v) is 3.77. The third kappa shape index (κ3) is 2.82. The molecule has 0 spiro atoms. The average molecular weight is 314 g/mol. The van der Waals surface area contributed by atoms with Crippen molar-refractivity contribution in [1.82, 2.24) is 24.6 Å². The molecule has 2 aromatic heterocycles. The van der Waals surface area contributed by atoms with E-state index in [0.717, 1.165) is 49.9 Å². The first kappa shape index (κ1) is 13.7. The van der Waals surface area contributed by atoms with Crippen molar-refractivity contribution < 1.29 is 0 Å². The van der Waals surface area contributed by atoms with Gasteiger partial charge in [-0.1, -0.05) is 23.5 Å². The molecule has 0 radical (unpaired) electrons. The first-order valence-corrected chi connectivity index (χ1v) is 8.35. The highest BCUT2D eigenvalue weighted by Crippen LogP contribution is 2.28. The molecule has 1 aliphatic heterocycles. The molecule has 0 N–H and O–H groups in total. The van der Waals surface area contributed by atoms with Crippen molar-refractivity contribution in [2.24, 2.45) is 0 Å². The lowest BCUT2D eigenvalue weighted by Crippen LogP contribution is -2.47. The van der Waals surface area contributed by atoms with Gasteiger partial charge >= 0.3 is 0 Å². The Morgan fingerprint density at radius 2 is 1.91 bits per heavy atom. The molecule has 1 fully saturated rings. The number of rotatable bonds is 4. The van der Waals surface area contributed by atoms with E-state index in [-0.39, 0.29) is 0 Å². The molecule has 3 aromatic rings. The highest BCUT2D eigenvalue weighted by molar-refractivity contribution is 7.22. The number of aromatic nitrogens is 4. The van der Waals surface area contributed by atoms with E-state index in [0.29, 0.717) is 0 Å². The van der Waals surface area contributed by atoms with Crippen LogP contribution in [0.15, 0.2) is 36.9 Å². The second-order valence-corrected chi connectivity index (χ2v) is 6.46. The lowest BCUT2D eigenvalue weighted by Gasteiger charge is -2.34. The van der Waals surface area contributed by atoms with Crippen molar-refractivity contribution >= 4 is 26.7 Å². The summed E-state index contributed by atoms with van der Waals surface area (Å²) in [5.41, 5.74) is 1.11. The fourth-order valence-electron chi connectivity index (χ4n) is 2.75. The number of piperazine rings is 1. The van der Waals surface area contributed by atoms with Gasteiger partial charge in [-0.15, -0.1) is 0 Å². The molecule has 3 heterocycles. The van der Waals surface area contributed by atoms with Gasteiger partial charge in [0.05, 0.1) is 16.8 Å². The van der Waals surface area contributed by atoms with Gasteiger partial charge in [-0.25, -0.2) is 9.97 Å². The van der Waals surface area contributed by atoms with Crippen LogP contribution in [0.3, 0.4) is 0 Å². The van der Waals surface area contributed by atoms with Crippen LogP contribution in [-0.4, -0.2) is 57.4 Å². The third-order valence-electron chi connectivity index (χ3n) is 4.04. The van der Waals surface area contributed by atoms with Crippen molar-refractivity contribution in [2.75, 3.05) is 37.6 Å². The largest absolute Gasteiger partial charge is 0.345 e. The van der Waals surface area contributed by atoms with Crippen molar-refractivity contribution in [2.45, 2.75) is 6.54 Å². The summed E-state index contributed by atoms with van der Waals surface area (Å²) in [7, 11) is 0. The van der Waals surface area contributed by atoms with Crippen LogP contribution in [0.25, 0.3) is 10.2 Å². The van der Waals surface area contributed by atoms with Crippen LogP contribution in [0.1, 0.15) is 0 Å². The molecule has 7 heteroatoms. The van der Waals surface area contributed by atoms with Crippen LogP contribution in [0, 0.1) is 0 Å². The summed E-state index contributed by atoms with van der Waals surface area (Å²) in [5, 5.41) is 5.30. The van der Waals surface area contributed by atoms with Gasteiger partial charge in [0.15, 0.2) is 5.13 Å². The molecule has 22 heavy (non-hydrogen) atoms. The molecule has 0 saturated carbocycles. The van der Waals surface area contributed by atoms with Gasteiger partial charge in [0.2, 0.25) is 0 Å². The minimum atomic E-state index is 0.904. The van der Waals surface area contributed by atoms with Gasteiger partial charge in [0, 0.05) is 32.7 Å². The zero-order valence-corrected chi connectivity index (χ0v) is 13.1. The van der Waals surface area contributed by atoms with E-state index in [1.807, 2.05) is 10.7 Å². The smallest absolute Gasteiger partial charge is 0.186 e. The van der Waals surface area contributed by atoms with E-state index in [9.17, 15) is 0 Å². The van der Waals surface area contributed by atoms with Crippen molar-refractivity contribution in [1.29, 1.82) is 0 Å². The average Bonchev–Trinajstić information content (AvgIpc) is 3.22. The summed E-state index contributed by atoms with van der Waals surface area (Å²) < 4.78 is 3.16. The number of para-hydroxylation sites is 1. The second-order valence-electron chi connectivity index (χ2n) is 5.45. The summed E-state index contributed by atoms with van der Waals surface area (Å²) >= 11 is 1.79. The first-order valence-electron chi connectivity index (χ1n) is 7.54. The van der Waals surface area contributed by atoms with Gasteiger partial charge in [0.25, 0.3) is 0 Å². The molecule has 1 aromatic carbocycles. The monoisotopic (exact) mass is 314 g/mol. The summed E-state index contributed by atoms with van der Waals surface area (Å²) in [6, 6.07) is 8.36. The number of thiazole rings is 1. The maximum Gasteiger partial charge on any atom is 0.186 e. The van der Waals surface area contributed by atoms with Gasteiger partial charge < -0.3 is 4.90 Å². The second kappa shape index (κ2) is 6.02. The van der Waals surface area contributed by atoms with Gasteiger partial charge in [-0.05, 0) is 12.1 Å². The number of nitrogens with zero attached hydrogens (tertiary/aromatic N) is 6. The number of anilines is 1. The summed E-state index contributed by atoms with van der Waals surface area (Å²) in [4.78, 5) is 13.6. The van der Waals surface area contributed by atoms with E-state index >= 15 is 0 Å². The number of fused-ring (bicyclic) bond motifs is 1. The summed E-state index contributed by atoms with van der Waals surface area (Å²) in [6.45, 7) is 6.15.